The third-order valence-electron chi connectivity index (χ3n) is 2.81. The molecular formula is C13H20BrN5. The number of anilines is 2. The summed E-state index contributed by atoms with van der Waals surface area (Å²) in [6, 6.07) is 1.89. The van der Waals surface area contributed by atoms with Crippen LogP contribution in [0.1, 0.15) is 33.6 Å². The third kappa shape index (κ3) is 3.67. The van der Waals surface area contributed by atoms with Crippen molar-refractivity contribution in [3.8, 4) is 0 Å². The summed E-state index contributed by atoms with van der Waals surface area (Å²) in [7, 11) is 0. The average Bonchev–Trinajstić information content (AvgIpc) is 3.12. The fraction of sp³-hybridized carbons (Fsp3) is 0.538. The fourth-order valence-electron chi connectivity index (χ4n) is 1.75. The molecule has 0 amide bonds. The molecule has 0 aromatic carbocycles. The zero-order valence-electron chi connectivity index (χ0n) is 11.5. The van der Waals surface area contributed by atoms with Gasteiger partial charge in [-0.3, -0.25) is 10.4 Å². The molecule has 1 aliphatic carbocycles. The molecule has 6 heteroatoms. The highest BCUT2D eigenvalue weighted by atomic mass is 79.9. The maximum Gasteiger partial charge on any atom is 0.151 e. The van der Waals surface area contributed by atoms with Crippen LogP contribution in [-0.2, 0) is 0 Å². The zero-order chi connectivity index (χ0) is 14.2. The van der Waals surface area contributed by atoms with E-state index in [4.69, 9.17) is 11.3 Å². The third-order valence-corrected chi connectivity index (χ3v) is 3.24. The molecule has 0 bridgehead atoms. The topological polar surface area (TPSA) is 78.0 Å². The summed E-state index contributed by atoms with van der Waals surface area (Å²) in [6.07, 6.45) is 3.83. The quantitative estimate of drug-likeness (QED) is 0.345. The van der Waals surface area contributed by atoms with Crippen LogP contribution < -0.4 is 16.2 Å². The van der Waals surface area contributed by atoms with Gasteiger partial charge in [0, 0.05) is 22.1 Å². The first kappa shape index (κ1) is 14.3. The Labute approximate surface area is 122 Å². The van der Waals surface area contributed by atoms with Gasteiger partial charge in [-0.2, -0.15) is 0 Å². The lowest BCUT2D eigenvalue weighted by Crippen LogP contribution is -2.39. The minimum Gasteiger partial charge on any atom is -0.364 e. The smallest absolute Gasteiger partial charge is 0.151 e. The van der Waals surface area contributed by atoms with Crippen molar-refractivity contribution in [2.45, 2.75) is 39.2 Å². The van der Waals surface area contributed by atoms with E-state index in [-0.39, 0.29) is 5.54 Å². The van der Waals surface area contributed by atoms with Gasteiger partial charge >= 0.3 is 0 Å². The summed E-state index contributed by atoms with van der Waals surface area (Å²) in [5.74, 6) is 7.53. The van der Waals surface area contributed by atoms with E-state index in [9.17, 15) is 0 Å². The predicted octanol–water partition coefficient (Wildman–Crippen LogP) is 3.12. The Balaban J connectivity index is 2.30. The summed E-state index contributed by atoms with van der Waals surface area (Å²) in [4.78, 5) is 4.37. The van der Waals surface area contributed by atoms with Crippen LogP contribution in [0.4, 0.5) is 11.5 Å². The molecular weight excluding hydrogens is 306 g/mol. The Kier molecular flexibility index (Phi) is 3.82. The molecule has 19 heavy (non-hydrogen) atoms. The summed E-state index contributed by atoms with van der Waals surface area (Å²) < 4.78 is 0.848. The van der Waals surface area contributed by atoms with Gasteiger partial charge < -0.3 is 5.32 Å². The van der Waals surface area contributed by atoms with E-state index in [1.165, 1.54) is 5.01 Å². The minimum atomic E-state index is -0.113. The van der Waals surface area contributed by atoms with E-state index in [2.05, 4.69) is 47.0 Å². The molecule has 0 spiro atoms. The lowest BCUT2D eigenvalue weighted by molar-refractivity contribution is 0.630. The van der Waals surface area contributed by atoms with E-state index in [0.29, 0.717) is 17.6 Å². The number of hydrogen-bond donors (Lipinski definition) is 3. The highest BCUT2D eigenvalue weighted by molar-refractivity contribution is 9.10. The molecule has 5 nitrogen and oxygen atoms in total. The number of pyridine rings is 1. The molecule has 4 N–H and O–H groups in total. The lowest BCUT2D eigenvalue weighted by atomic mass is 10.1. The molecule has 2 rings (SSSR count). The fourth-order valence-corrected chi connectivity index (χ4v) is 2.07. The number of halogens is 1. The molecule has 1 aromatic heterocycles. The van der Waals surface area contributed by atoms with Crippen LogP contribution in [0.2, 0.25) is 0 Å². The van der Waals surface area contributed by atoms with Crippen molar-refractivity contribution >= 4 is 33.3 Å². The van der Waals surface area contributed by atoms with Crippen molar-refractivity contribution < 1.29 is 0 Å². The van der Waals surface area contributed by atoms with Gasteiger partial charge in [0.05, 0.1) is 0 Å². The van der Waals surface area contributed by atoms with Crippen molar-refractivity contribution in [1.82, 2.24) is 4.98 Å². The first-order valence-corrected chi connectivity index (χ1v) is 7.14. The minimum absolute atomic E-state index is 0.113. The second-order valence-electron chi connectivity index (χ2n) is 5.93. The van der Waals surface area contributed by atoms with Crippen LogP contribution in [0.3, 0.4) is 0 Å². The van der Waals surface area contributed by atoms with Crippen molar-refractivity contribution in [2.24, 2.45) is 11.8 Å². The zero-order valence-corrected chi connectivity index (χ0v) is 13.1. The van der Waals surface area contributed by atoms with Gasteiger partial charge in [0.25, 0.3) is 0 Å². The van der Waals surface area contributed by atoms with Gasteiger partial charge in [-0.05, 0) is 55.6 Å². The van der Waals surface area contributed by atoms with Crippen LogP contribution >= 0.6 is 15.9 Å². The highest BCUT2D eigenvalue weighted by Crippen LogP contribution is 2.34. The van der Waals surface area contributed by atoms with Gasteiger partial charge in [-0.1, -0.05) is 0 Å². The van der Waals surface area contributed by atoms with E-state index >= 15 is 0 Å². The number of nitrogens with zero attached hydrogens (tertiary/aromatic N) is 2. The van der Waals surface area contributed by atoms with Gasteiger partial charge in [0.2, 0.25) is 0 Å². The molecule has 1 fully saturated rings. The molecule has 0 atom stereocenters. The van der Waals surface area contributed by atoms with Crippen molar-refractivity contribution in [1.29, 1.82) is 5.41 Å². The average molecular weight is 326 g/mol. The second kappa shape index (κ2) is 5.09. The first-order valence-electron chi connectivity index (χ1n) is 6.35. The number of aromatic nitrogens is 1. The maximum absolute atomic E-state index is 8.08. The molecule has 0 aliphatic heterocycles. The summed E-state index contributed by atoms with van der Waals surface area (Å²) >= 11 is 3.40. The van der Waals surface area contributed by atoms with Crippen LogP contribution in [-0.4, -0.2) is 16.4 Å². The predicted molar refractivity (Wildman–Crippen MR) is 82.4 cm³/mol. The van der Waals surface area contributed by atoms with Gasteiger partial charge in [-0.15, -0.1) is 0 Å². The Morgan fingerprint density at radius 3 is 2.68 bits per heavy atom. The maximum atomic E-state index is 8.08. The number of rotatable bonds is 3. The van der Waals surface area contributed by atoms with Crippen LogP contribution in [0.25, 0.3) is 0 Å². The Bertz CT molecular complexity index is 490. The number of amidine groups is 1. The molecule has 1 saturated carbocycles. The molecule has 0 radical (unpaired) electrons. The van der Waals surface area contributed by atoms with Gasteiger partial charge in [0.1, 0.15) is 11.5 Å². The number of nitrogens with two attached hydrogens (primary N) is 1. The monoisotopic (exact) mass is 325 g/mol. The van der Waals surface area contributed by atoms with Crippen LogP contribution in [0.5, 0.6) is 0 Å². The highest BCUT2D eigenvalue weighted by Gasteiger charge is 2.31. The first-order chi connectivity index (χ1) is 8.78. The van der Waals surface area contributed by atoms with E-state index in [1.54, 1.807) is 6.20 Å². The number of hydrogen-bond acceptors (Lipinski definition) is 4. The SMILES string of the molecule is CC(C)(C)Nc1ncc(Br)cc1N(N)C(=N)C1CC1. The Morgan fingerprint density at radius 2 is 2.16 bits per heavy atom. The number of nitrogens with one attached hydrogen (secondary N) is 2. The molecule has 0 unspecified atom stereocenters. The molecule has 104 valence electrons. The molecule has 1 aromatic rings. The van der Waals surface area contributed by atoms with Crippen molar-refractivity contribution in [3.63, 3.8) is 0 Å². The van der Waals surface area contributed by atoms with E-state index in [0.717, 1.165) is 23.0 Å². The van der Waals surface area contributed by atoms with Crippen LogP contribution in [0, 0.1) is 11.3 Å². The van der Waals surface area contributed by atoms with Gasteiger partial charge in [0.15, 0.2) is 5.82 Å². The normalized spacial score (nSPS) is 15.2. The molecule has 1 aliphatic rings. The Hall–Kier alpha value is -1.14. The standard InChI is InChI=1S/C13H20BrN5/c1-13(2,3)18-12-10(6-9(14)7-17-12)19(16)11(15)8-4-5-8/h6-8,15H,4-5,16H2,1-3H3,(H,17,18). The van der Waals surface area contributed by atoms with Crippen molar-refractivity contribution in [2.75, 3.05) is 10.3 Å². The summed E-state index contributed by atoms with van der Waals surface area (Å²) in [6.45, 7) is 6.19. The summed E-state index contributed by atoms with van der Waals surface area (Å²) in [5, 5.41) is 12.8. The van der Waals surface area contributed by atoms with Crippen molar-refractivity contribution in [3.05, 3.63) is 16.7 Å². The molecule has 1 heterocycles. The Morgan fingerprint density at radius 1 is 1.53 bits per heavy atom. The van der Waals surface area contributed by atoms with Crippen LogP contribution in [0.15, 0.2) is 16.7 Å². The second-order valence-corrected chi connectivity index (χ2v) is 6.84. The molecule has 0 saturated heterocycles. The van der Waals surface area contributed by atoms with Gasteiger partial charge in [-0.25, -0.2) is 10.8 Å². The largest absolute Gasteiger partial charge is 0.364 e. The lowest BCUT2D eigenvalue weighted by Gasteiger charge is -2.27. The summed E-state index contributed by atoms with van der Waals surface area (Å²) in [5.41, 5.74) is 0.610. The van der Waals surface area contributed by atoms with E-state index in [1.807, 2.05) is 6.07 Å². The number of hydrazine groups is 1. The van der Waals surface area contributed by atoms with E-state index < -0.39 is 0 Å².